The molecule has 112 valence electrons. The first-order valence-electron chi connectivity index (χ1n) is 7.30. The Labute approximate surface area is 131 Å². The smallest absolute Gasteiger partial charge is 0.191 e. The van der Waals surface area contributed by atoms with Gasteiger partial charge in [-0.15, -0.1) is 11.3 Å². The van der Waals surface area contributed by atoms with Crippen LogP contribution in [0.4, 0.5) is 0 Å². The number of rotatable bonds is 5. The van der Waals surface area contributed by atoms with Gasteiger partial charge in [-0.2, -0.15) is 0 Å². The highest BCUT2D eigenvalue weighted by Crippen LogP contribution is 2.14. The van der Waals surface area contributed by atoms with Gasteiger partial charge in [-0.1, -0.05) is 29.8 Å². The van der Waals surface area contributed by atoms with E-state index in [0.29, 0.717) is 6.54 Å². The van der Waals surface area contributed by atoms with Gasteiger partial charge in [-0.3, -0.25) is 0 Å². The van der Waals surface area contributed by atoms with Crippen LogP contribution in [0.5, 0.6) is 0 Å². The lowest BCUT2D eigenvalue weighted by molar-refractivity contribution is 0.823. The van der Waals surface area contributed by atoms with Crippen molar-refractivity contribution in [2.24, 2.45) is 4.99 Å². The van der Waals surface area contributed by atoms with E-state index >= 15 is 0 Å². The Morgan fingerprint density at radius 1 is 1.14 bits per heavy atom. The van der Waals surface area contributed by atoms with Crippen molar-refractivity contribution in [1.29, 1.82) is 0 Å². The van der Waals surface area contributed by atoms with Gasteiger partial charge in [0, 0.05) is 16.3 Å². The third-order valence-electron chi connectivity index (χ3n) is 3.07. The van der Waals surface area contributed by atoms with Crippen molar-refractivity contribution >= 4 is 17.3 Å². The molecule has 0 saturated heterocycles. The number of thiophene rings is 1. The molecule has 0 aliphatic carbocycles. The summed E-state index contributed by atoms with van der Waals surface area (Å²) in [5.74, 6) is 0.866. The lowest BCUT2D eigenvalue weighted by Crippen LogP contribution is -2.36. The molecule has 0 fully saturated rings. The van der Waals surface area contributed by atoms with Crippen LogP contribution in [0.3, 0.4) is 0 Å². The van der Waals surface area contributed by atoms with Crippen molar-refractivity contribution in [3.05, 3.63) is 57.3 Å². The number of hydrogen-bond donors (Lipinski definition) is 2. The molecule has 1 aromatic heterocycles. The molecule has 0 spiro atoms. The first-order chi connectivity index (χ1) is 10.2. The third kappa shape index (κ3) is 5.23. The van der Waals surface area contributed by atoms with Crippen molar-refractivity contribution in [3.8, 4) is 0 Å². The number of hydrogen-bond acceptors (Lipinski definition) is 2. The Hall–Kier alpha value is -1.81. The summed E-state index contributed by atoms with van der Waals surface area (Å²) in [6.07, 6.45) is 0. The summed E-state index contributed by atoms with van der Waals surface area (Å²) in [7, 11) is 0. The van der Waals surface area contributed by atoms with Crippen LogP contribution in [-0.2, 0) is 13.1 Å². The van der Waals surface area contributed by atoms with E-state index in [1.807, 2.05) is 11.3 Å². The zero-order valence-corrected chi connectivity index (χ0v) is 13.8. The molecule has 0 aliphatic heterocycles. The molecule has 1 heterocycles. The highest BCUT2D eigenvalue weighted by atomic mass is 32.1. The molecule has 0 bridgehead atoms. The quantitative estimate of drug-likeness (QED) is 0.653. The Bertz CT molecular complexity index is 602. The number of nitrogens with zero attached hydrogens (tertiary/aromatic N) is 1. The molecule has 0 saturated carbocycles. The minimum Gasteiger partial charge on any atom is -0.357 e. The van der Waals surface area contributed by atoms with Gasteiger partial charge in [-0.05, 0) is 38.5 Å². The van der Waals surface area contributed by atoms with E-state index in [9.17, 15) is 0 Å². The predicted octanol–water partition coefficient (Wildman–Crippen LogP) is 3.62. The van der Waals surface area contributed by atoms with E-state index in [1.54, 1.807) is 0 Å². The zero-order chi connectivity index (χ0) is 15.1. The van der Waals surface area contributed by atoms with Crippen LogP contribution < -0.4 is 10.6 Å². The Morgan fingerprint density at radius 3 is 2.67 bits per heavy atom. The summed E-state index contributed by atoms with van der Waals surface area (Å²) in [6.45, 7) is 8.70. The van der Waals surface area contributed by atoms with Crippen molar-refractivity contribution in [1.82, 2.24) is 10.6 Å². The van der Waals surface area contributed by atoms with Crippen molar-refractivity contribution < 1.29 is 0 Å². The lowest BCUT2D eigenvalue weighted by Gasteiger charge is -2.10. The maximum atomic E-state index is 4.65. The molecule has 2 aromatic rings. The largest absolute Gasteiger partial charge is 0.357 e. The van der Waals surface area contributed by atoms with Crippen molar-refractivity contribution in [2.45, 2.75) is 33.9 Å². The van der Waals surface area contributed by atoms with Gasteiger partial charge >= 0.3 is 0 Å². The molecule has 4 heteroatoms. The fraction of sp³-hybridized carbons (Fsp3) is 0.353. The third-order valence-corrected chi connectivity index (χ3v) is 4.07. The molecule has 0 unspecified atom stereocenters. The number of benzene rings is 1. The summed E-state index contributed by atoms with van der Waals surface area (Å²) >= 11 is 1.82. The van der Waals surface area contributed by atoms with Gasteiger partial charge in [-0.25, -0.2) is 4.99 Å². The van der Waals surface area contributed by atoms with Gasteiger partial charge in [0.05, 0.1) is 13.1 Å². The standard InChI is InChI=1S/C17H23N3S/c1-4-18-17(20-12-16-9-8-14(3)21-16)19-11-15-7-5-6-13(2)10-15/h5-10H,4,11-12H2,1-3H3,(H2,18,19,20). The first kappa shape index (κ1) is 15.6. The molecule has 0 atom stereocenters. The van der Waals surface area contributed by atoms with E-state index in [0.717, 1.165) is 19.0 Å². The van der Waals surface area contributed by atoms with Crippen molar-refractivity contribution in [3.63, 3.8) is 0 Å². The lowest BCUT2D eigenvalue weighted by atomic mass is 10.1. The van der Waals surface area contributed by atoms with E-state index < -0.39 is 0 Å². The number of guanidine groups is 1. The van der Waals surface area contributed by atoms with Crippen LogP contribution in [0.25, 0.3) is 0 Å². The monoisotopic (exact) mass is 301 g/mol. The molecule has 0 aliphatic rings. The minimum absolute atomic E-state index is 0.695. The Morgan fingerprint density at radius 2 is 2.00 bits per heavy atom. The molecular formula is C17H23N3S. The molecular weight excluding hydrogens is 278 g/mol. The summed E-state index contributed by atoms with van der Waals surface area (Å²) < 4.78 is 0. The van der Waals surface area contributed by atoms with Gasteiger partial charge in [0.25, 0.3) is 0 Å². The minimum atomic E-state index is 0.695. The van der Waals surface area contributed by atoms with E-state index in [-0.39, 0.29) is 0 Å². The van der Waals surface area contributed by atoms with Crippen LogP contribution in [0.2, 0.25) is 0 Å². The van der Waals surface area contributed by atoms with Crippen LogP contribution in [0.1, 0.15) is 27.8 Å². The summed E-state index contributed by atoms with van der Waals surface area (Å²) in [5.41, 5.74) is 2.51. The molecule has 1 aromatic carbocycles. The van der Waals surface area contributed by atoms with Crippen LogP contribution in [0.15, 0.2) is 41.4 Å². The highest BCUT2D eigenvalue weighted by molar-refractivity contribution is 7.11. The van der Waals surface area contributed by atoms with E-state index in [1.165, 1.54) is 20.9 Å². The Balaban J connectivity index is 1.95. The summed E-state index contributed by atoms with van der Waals surface area (Å²) in [4.78, 5) is 7.31. The second-order valence-electron chi connectivity index (χ2n) is 5.05. The molecule has 21 heavy (non-hydrogen) atoms. The summed E-state index contributed by atoms with van der Waals surface area (Å²) in [6, 6.07) is 12.8. The van der Waals surface area contributed by atoms with Crippen LogP contribution in [0, 0.1) is 13.8 Å². The maximum Gasteiger partial charge on any atom is 0.191 e. The molecule has 2 N–H and O–H groups in total. The molecule has 2 rings (SSSR count). The van der Waals surface area contributed by atoms with Gasteiger partial charge in [0.15, 0.2) is 5.96 Å². The van der Waals surface area contributed by atoms with E-state index in [4.69, 9.17) is 0 Å². The fourth-order valence-electron chi connectivity index (χ4n) is 2.07. The van der Waals surface area contributed by atoms with Gasteiger partial charge in [0.1, 0.15) is 0 Å². The van der Waals surface area contributed by atoms with Crippen LogP contribution in [-0.4, -0.2) is 12.5 Å². The predicted molar refractivity (Wildman–Crippen MR) is 91.9 cm³/mol. The zero-order valence-electron chi connectivity index (χ0n) is 12.9. The number of aryl methyl sites for hydroxylation is 2. The summed E-state index contributed by atoms with van der Waals surface area (Å²) in [5, 5.41) is 6.67. The second kappa shape index (κ2) is 7.84. The average Bonchev–Trinajstić information content (AvgIpc) is 2.88. The average molecular weight is 301 g/mol. The normalized spacial score (nSPS) is 11.5. The van der Waals surface area contributed by atoms with Gasteiger partial charge < -0.3 is 10.6 Å². The van der Waals surface area contributed by atoms with E-state index in [2.05, 4.69) is 72.8 Å². The SMILES string of the molecule is CCNC(=NCc1cccc(C)c1)NCc1ccc(C)s1. The van der Waals surface area contributed by atoms with Crippen molar-refractivity contribution in [2.75, 3.05) is 6.54 Å². The topological polar surface area (TPSA) is 36.4 Å². The number of aliphatic imine (C=N–C) groups is 1. The molecule has 0 radical (unpaired) electrons. The first-order valence-corrected chi connectivity index (χ1v) is 8.12. The Kier molecular flexibility index (Phi) is 5.81. The van der Waals surface area contributed by atoms with Crippen LogP contribution >= 0.6 is 11.3 Å². The maximum absolute atomic E-state index is 4.65. The molecule has 0 amide bonds. The molecule has 3 nitrogen and oxygen atoms in total. The fourth-order valence-corrected chi connectivity index (χ4v) is 2.90. The van der Waals surface area contributed by atoms with Gasteiger partial charge in [0.2, 0.25) is 0 Å². The number of nitrogens with one attached hydrogen (secondary N) is 2. The highest BCUT2D eigenvalue weighted by Gasteiger charge is 2.00. The second-order valence-corrected chi connectivity index (χ2v) is 6.42.